The van der Waals surface area contributed by atoms with Gasteiger partial charge in [-0.15, -0.1) is 0 Å². The van der Waals surface area contributed by atoms with E-state index in [1.165, 1.54) is 12.1 Å². The van der Waals surface area contributed by atoms with Crippen LogP contribution in [0.2, 0.25) is 0 Å². The number of aryl methyl sites for hydroxylation is 1. The Morgan fingerprint density at radius 2 is 1.91 bits per heavy atom. The van der Waals surface area contributed by atoms with Crippen LogP contribution >= 0.6 is 0 Å². The quantitative estimate of drug-likeness (QED) is 0.111. The molecule has 1 aromatic carbocycles. The van der Waals surface area contributed by atoms with E-state index in [4.69, 9.17) is 24.8 Å². The summed E-state index contributed by atoms with van der Waals surface area (Å²) in [6.07, 6.45) is 1.66. The summed E-state index contributed by atoms with van der Waals surface area (Å²) in [7, 11) is 0. The first-order chi connectivity index (χ1) is 16.7. The standard InChI is InChI=1S/C24H34FN3O7/c1-4-32-21(30)15-20(22(31)33-5-2)35-27-23(26)24(34-13-12-29)8-10-28(11-9-24)16-18-14-19(25)7-6-17(18)3/h6-7,14-15,29H,4-5,8-13,16H2,1-3H3,(H2,26,27)/b20-15-. The number of rotatable bonds is 12. The molecule has 0 bridgehead atoms. The van der Waals surface area contributed by atoms with Crippen LogP contribution in [0.1, 0.15) is 37.8 Å². The van der Waals surface area contributed by atoms with Crippen LogP contribution in [0.4, 0.5) is 4.39 Å². The molecular weight excluding hydrogens is 461 g/mol. The number of aliphatic hydroxyl groups excluding tert-OH is 1. The predicted octanol–water partition coefficient (Wildman–Crippen LogP) is 1.78. The molecule has 10 nitrogen and oxygen atoms in total. The molecule has 0 aromatic heterocycles. The first kappa shape index (κ1) is 28.2. The Morgan fingerprint density at radius 3 is 2.54 bits per heavy atom. The Kier molecular flexibility index (Phi) is 11.1. The third-order valence-electron chi connectivity index (χ3n) is 5.56. The van der Waals surface area contributed by atoms with E-state index in [-0.39, 0.29) is 38.1 Å². The van der Waals surface area contributed by atoms with Crippen molar-refractivity contribution in [3.63, 3.8) is 0 Å². The number of halogens is 1. The summed E-state index contributed by atoms with van der Waals surface area (Å²) in [6.45, 7) is 6.80. The molecule has 0 spiro atoms. The van der Waals surface area contributed by atoms with Gasteiger partial charge in [-0.2, -0.15) is 0 Å². The normalized spacial score (nSPS) is 16.6. The number of ether oxygens (including phenoxy) is 3. The highest BCUT2D eigenvalue weighted by atomic mass is 19.1. The SMILES string of the molecule is CCOC(=O)/C=C(\O/N=C(\N)C1(OCCO)CCN(Cc2cc(F)ccc2C)CC1)C(=O)OCC. The number of nitrogens with two attached hydrogens (primary N) is 1. The number of likely N-dealkylation sites (tertiary alicyclic amines) is 1. The van der Waals surface area contributed by atoms with Crippen molar-refractivity contribution in [1.82, 2.24) is 4.90 Å². The Morgan fingerprint density at radius 1 is 1.23 bits per heavy atom. The number of nitrogens with zero attached hydrogens (tertiary/aromatic N) is 2. The Balaban J connectivity index is 2.16. The molecule has 1 fully saturated rings. The summed E-state index contributed by atoms with van der Waals surface area (Å²) < 4.78 is 29.3. The summed E-state index contributed by atoms with van der Waals surface area (Å²) in [4.78, 5) is 31.3. The maximum absolute atomic E-state index is 13.7. The summed E-state index contributed by atoms with van der Waals surface area (Å²) in [6, 6.07) is 4.70. The molecule has 1 aliphatic heterocycles. The second-order valence-corrected chi connectivity index (χ2v) is 7.96. The van der Waals surface area contributed by atoms with Crippen molar-refractivity contribution >= 4 is 17.8 Å². The van der Waals surface area contributed by atoms with Gasteiger partial charge in [0.15, 0.2) is 5.84 Å². The van der Waals surface area contributed by atoms with Crippen LogP contribution in [0, 0.1) is 12.7 Å². The minimum Gasteiger partial charge on any atom is -0.463 e. The molecule has 0 radical (unpaired) electrons. The van der Waals surface area contributed by atoms with E-state index < -0.39 is 23.3 Å². The molecular formula is C24H34FN3O7. The van der Waals surface area contributed by atoms with E-state index in [1.807, 2.05) is 6.92 Å². The fourth-order valence-corrected chi connectivity index (χ4v) is 3.64. The molecule has 3 N–H and O–H groups in total. The van der Waals surface area contributed by atoms with Crippen molar-refractivity contribution in [2.75, 3.05) is 39.5 Å². The average molecular weight is 496 g/mol. The van der Waals surface area contributed by atoms with Gasteiger partial charge in [-0.05, 0) is 56.9 Å². The molecule has 1 heterocycles. The number of oxime groups is 1. The van der Waals surface area contributed by atoms with Gasteiger partial charge < -0.3 is 29.9 Å². The van der Waals surface area contributed by atoms with Crippen LogP contribution in [0.15, 0.2) is 35.2 Å². The largest absolute Gasteiger partial charge is 0.463 e. The van der Waals surface area contributed by atoms with Crippen LogP contribution in [-0.4, -0.2) is 72.9 Å². The lowest BCUT2D eigenvalue weighted by Gasteiger charge is -2.40. The van der Waals surface area contributed by atoms with Gasteiger partial charge in [-0.25, -0.2) is 14.0 Å². The molecule has 0 atom stereocenters. The maximum Gasteiger partial charge on any atom is 0.377 e. The molecule has 0 saturated carbocycles. The van der Waals surface area contributed by atoms with Gasteiger partial charge in [0.05, 0.1) is 32.5 Å². The molecule has 0 amide bonds. The van der Waals surface area contributed by atoms with Crippen LogP contribution in [-0.2, 0) is 35.2 Å². The number of hydrogen-bond acceptors (Lipinski definition) is 9. The average Bonchev–Trinajstić information content (AvgIpc) is 2.83. The zero-order valence-corrected chi connectivity index (χ0v) is 20.4. The van der Waals surface area contributed by atoms with E-state index in [0.29, 0.717) is 32.5 Å². The van der Waals surface area contributed by atoms with Crippen molar-refractivity contribution in [2.45, 2.75) is 45.8 Å². The number of hydrogen-bond donors (Lipinski definition) is 2. The fourth-order valence-electron chi connectivity index (χ4n) is 3.64. The van der Waals surface area contributed by atoms with Gasteiger partial charge in [0.25, 0.3) is 0 Å². The first-order valence-electron chi connectivity index (χ1n) is 11.5. The minimum absolute atomic E-state index is 0.0165. The Labute approximate surface area is 204 Å². The van der Waals surface area contributed by atoms with Gasteiger partial charge in [0.2, 0.25) is 5.76 Å². The topological polar surface area (TPSA) is 133 Å². The molecule has 11 heteroatoms. The van der Waals surface area contributed by atoms with Gasteiger partial charge in [0, 0.05) is 19.6 Å². The van der Waals surface area contributed by atoms with Crippen LogP contribution in [0.3, 0.4) is 0 Å². The van der Waals surface area contributed by atoms with E-state index >= 15 is 0 Å². The number of esters is 2. The molecule has 0 unspecified atom stereocenters. The minimum atomic E-state index is -1.06. The predicted molar refractivity (Wildman–Crippen MR) is 125 cm³/mol. The smallest absolute Gasteiger partial charge is 0.377 e. The van der Waals surface area contributed by atoms with Crippen LogP contribution < -0.4 is 5.73 Å². The van der Waals surface area contributed by atoms with Crippen molar-refractivity contribution < 1.29 is 38.1 Å². The van der Waals surface area contributed by atoms with Crippen molar-refractivity contribution in [2.24, 2.45) is 10.9 Å². The Bertz CT molecular complexity index is 928. The second kappa shape index (κ2) is 13.8. The number of carbonyl (C=O) groups is 2. The lowest BCUT2D eigenvalue weighted by molar-refractivity contribution is -0.144. The van der Waals surface area contributed by atoms with Gasteiger partial charge in [-0.1, -0.05) is 11.2 Å². The molecule has 1 saturated heterocycles. The van der Waals surface area contributed by atoms with Crippen molar-refractivity contribution in [3.05, 3.63) is 47.0 Å². The number of amidine groups is 1. The highest BCUT2D eigenvalue weighted by Gasteiger charge is 2.40. The monoisotopic (exact) mass is 495 g/mol. The van der Waals surface area contributed by atoms with Gasteiger partial charge in [0.1, 0.15) is 11.4 Å². The van der Waals surface area contributed by atoms with Crippen molar-refractivity contribution in [1.29, 1.82) is 0 Å². The molecule has 1 aromatic rings. The van der Waals surface area contributed by atoms with E-state index in [1.54, 1.807) is 19.9 Å². The summed E-state index contributed by atoms with van der Waals surface area (Å²) in [5.74, 6) is -2.51. The molecule has 0 aliphatic carbocycles. The fraction of sp³-hybridized carbons (Fsp3) is 0.542. The summed E-state index contributed by atoms with van der Waals surface area (Å²) in [5, 5.41) is 13.2. The molecule has 194 valence electrons. The number of aliphatic hydroxyl groups is 1. The van der Waals surface area contributed by atoms with E-state index in [2.05, 4.69) is 10.1 Å². The number of benzene rings is 1. The zero-order chi connectivity index (χ0) is 25.8. The molecule has 35 heavy (non-hydrogen) atoms. The molecule has 2 rings (SSSR count). The van der Waals surface area contributed by atoms with Gasteiger partial charge >= 0.3 is 11.9 Å². The maximum atomic E-state index is 13.7. The summed E-state index contributed by atoms with van der Waals surface area (Å²) >= 11 is 0. The summed E-state index contributed by atoms with van der Waals surface area (Å²) in [5.41, 5.74) is 7.06. The highest BCUT2D eigenvalue weighted by Crippen LogP contribution is 2.28. The van der Waals surface area contributed by atoms with Crippen LogP contribution in [0.25, 0.3) is 0 Å². The third-order valence-corrected chi connectivity index (χ3v) is 5.56. The first-order valence-corrected chi connectivity index (χ1v) is 11.5. The highest BCUT2D eigenvalue weighted by molar-refractivity contribution is 5.95. The lowest BCUT2D eigenvalue weighted by atomic mass is 9.89. The van der Waals surface area contributed by atoms with E-state index in [0.717, 1.165) is 17.2 Å². The molecule has 1 aliphatic rings. The lowest BCUT2D eigenvalue weighted by Crippen LogP contribution is -2.54. The number of piperidine rings is 1. The second-order valence-electron chi connectivity index (χ2n) is 7.96. The van der Waals surface area contributed by atoms with Crippen molar-refractivity contribution in [3.8, 4) is 0 Å². The van der Waals surface area contributed by atoms with E-state index in [9.17, 15) is 19.1 Å². The zero-order valence-electron chi connectivity index (χ0n) is 20.4. The van der Waals surface area contributed by atoms with Gasteiger partial charge in [-0.3, -0.25) is 4.90 Å². The number of carbonyl (C=O) groups excluding carboxylic acids is 2. The Hall–Kier alpha value is -3.02. The van der Waals surface area contributed by atoms with Crippen LogP contribution in [0.5, 0.6) is 0 Å². The third kappa shape index (κ3) is 8.30.